The molecule has 0 aliphatic carbocycles. The van der Waals surface area contributed by atoms with Gasteiger partial charge in [-0.05, 0) is 30.5 Å². The van der Waals surface area contributed by atoms with Crippen molar-refractivity contribution in [3.05, 3.63) is 35.1 Å². The lowest BCUT2D eigenvalue weighted by atomic mass is 10.0. The van der Waals surface area contributed by atoms with Crippen LogP contribution >= 0.6 is 0 Å². The van der Waals surface area contributed by atoms with Crippen LogP contribution in [-0.4, -0.2) is 23.7 Å². The van der Waals surface area contributed by atoms with Gasteiger partial charge in [-0.15, -0.1) is 0 Å². The molecule has 0 bridgehead atoms. The molecular formula is C14H17F4NO2. The standard InChI is InChI=1S/C14H17F4NO2/c1-8(2)12(20)5-6-19-13(21)10-4-3-9(15)7-11(10)14(16,17)18/h3-4,7-8,12,20H,5-6H2,1-2H3,(H,19,21). The smallest absolute Gasteiger partial charge is 0.393 e. The Morgan fingerprint density at radius 1 is 1.33 bits per heavy atom. The molecule has 1 unspecified atom stereocenters. The summed E-state index contributed by atoms with van der Waals surface area (Å²) >= 11 is 0. The van der Waals surface area contributed by atoms with E-state index in [1.54, 1.807) is 13.8 Å². The van der Waals surface area contributed by atoms with E-state index in [1.165, 1.54) is 0 Å². The molecule has 1 aromatic carbocycles. The molecule has 7 heteroatoms. The molecule has 2 N–H and O–H groups in total. The quantitative estimate of drug-likeness (QED) is 0.822. The third kappa shape index (κ3) is 5.00. The Balaban J connectivity index is 2.79. The highest BCUT2D eigenvalue weighted by Gasteiger charge is 2.35. The first-order valence-electron chi connectivity index (χ1n) is 6.46. The first kappa shape index (κ1) is 17.4. The van der Waals surface area contributed by atoms with Crippen molar-refractivity contribution in [2.45, 2.75) is 32.5 Å². The van der Waals surface area contributed by atoms with Gasteiger partial charge in [0.2, 0.25) is 0 Å². The SMILES string of the molecule is CC(C)C(O)CCNC(=O)c1ccc(F)cc1C(F)(F)F. The number of hydrogen-bond donors (Lipinski definition) is 2. The topological polar surface area (TPSA) is 49.3 Å². The summed E-state index contributed by atoms with van der Waals surface area (Å²) in [5.41, 5.74) is -1.95. The van der Waals surface area contributed by atoms with Crippen molar-refractivity contribution in [3.8, 4) is 0 Å². The molecule has 118 valence electrons. The monoisotopic (exact) mass is 307 g/mol. The van der Waals surface area contributed by atoms with Crippen LogP contribution in [0.15, 0.2) is 18.2 Å². The van der Waals surface area contributed by atoms with Gasteiger partial charge in [-0.1, -0.05) is 13.8 Å². The second-order valence-corrected chi connectivity index (χ2v) is 5.04. The minimum Gasteiger partial charge on any atom is -0.393 e. The van der Waals surface area contributed by atoms with Crippen molar-refractivity contribution in [2.75, 3.05) is 6.54 Å². The summed E-state index contributed by atoms with van der Waals surface area (Å²) in [4.78, 5) is 11.8. The molecule has 0 saturated carbocycles. The van der Waals surface area contributed by atoms with Gasteiger partial charge in [0, 0.05) is 6.54 Å². The zero-order valence-corrected chi connectivity index (χ0v) is 11.7. The summed E-state index contributed by atoms with van der Waals surface area (Å²) in [6, 6.07) is 1.89. The normalized spacial score (nSPS) is 13.3. The second-order valence-electron chi connectivity index (χ2n) is 5.04. The largest absolute Gasteiger partial charge is 0.417 e. The number of amides is 1. The van der Waals surface area contributed by atoms with E-state index in [2.05, 4.69) is 5.32 Å². The summed E-state index contributed by atoms with van der Waals surface area (Å²) in [5.74, 6) is -2.02. The third-order valence-electron chi connectivity index (χ3n) is 3.03. The highest BCUT2D eigenvalue weighted by Crippen LogP contribution is 2.32. The van der Waals surface area contributed by atoms with Crippen LogP contribution in [0.4, 0.5) is 17.6 Å². The van der Waals surface area contributed by atoms with E-state index >= 15 is 0 Å². The Kier molecular flexibility index (Phi) is 5.71. The van der Waals surface area contributed by atoms with Crippen LogP contribution in [0.1, 0.15) is 36.2 Å². The molecule has 0 spiro atoms. The first-order valence-corrected chi connectivity index (χ1v) is 6.46. The molecule has 1 amide bonds. The van der Waals surface area contributed by atoms with Crippen LogP contribution in [0, 0.1) is 11.7 Å². The third-order valence-corrected chi connectivity index (χ3v) is 3.03. The highest BCUT2D eigenvalue weighted by atomic mass is 19.4. The zero-order chi connectivity index (χ0) is 16.2. The number of alkyl halides is 3. The lowest BCUT2D eigenvalue weighted by molar-refractivity contribution is -0.138. The molecule has 0 aromatic heterocycles. The predicted octanol–water partition coefficient (Wildman–Crippen LogP) is 2.98. The summed E-state index contributed by atoms with van der Waals surface area (Å²) in [5, 5.41) is 11.8. The van der Waals surface area contributed by atoms with Crippen LogP contribution in [0.3, 0.4) is 0 Å². The average Bonchev–Trinajstić information content (AvgIpc) is 2.37. The number of nitrogens with one attached hydrogen (secondary N) is 1. The second kappa shape index (κ2) is 6.89. The van der Waals surface area contributed by atoms with Crippen LogP contribution in [0.2, 0.25) is 0 Å². The van der Waals surface area contributed by atoms with Gasteiger partial charge in [-0.25, -0.2) is 4.39 Å². The van der Waals surface area contributed by atoms with E-state index in [-0.39, 0.29) is 24.9 Å². The van der Waals surface area contributed by atoms with Gasteiger partial charge in [0.15, 0.2) is 0 Å². The molecular weight excluding hydrogens is 290 g/mol. The number of benzene rings is 1. The number of carbonyl (C=O) groups is 1. The first-order chi connectivity index (χ1) is 9.62. The summed E-state index contributed by atoms with van der Waals surface area (Å²) in [6.45, 7) is 3.61. The maximum atomic E-state index is 12.9. The Morgan fingerprint density at radius 2 is 1.95 bits per heavy atom. The Labute approximate surface area is 120 Å². The van der Waals surface area contributed by atoms with Crippen LogP contribution in [-0.2, 0) is 6.18 Å². The van der Waals surface area contributed by atoms with Crippen molar-refractivity contribution in [1.82, 2.24) is 5.32 Å². The number of halogens is 4. The lowest BCUT2D eigenvalue weighted by Crippen LogP contribution is -2.30. The van der Waals surface area contributed by atoms with Crippen molar-refractivity contribution < 1.29 is 27.5 Å². The Hall–Kier alpha value is -1.63. The molecule has 0 saturated heterocycles. The minimum atomic E-state index is -4.81. The van der Waals surface area contributed by atoms with E-state index in [4.69, 9.17) is 0 Å². The number of rotatable bonds is 5. The molecule has 0 aliphatic heterocycles. The molecule has 1 rings (SSSR count). The van der Waals surface area contributed by atoms with E-state index in [0.29, 0.717) is 0 Å². The van der Waals surface area contributed by atoms with Crippen LogP contribution in [0.25, 0.3) is 0 Å². The molecule has 0 aliphatic rings. The van der Waals surface area contributed by atoms with Crippen LogP contribution < -0.4 is 5.32 Å². The number of aliphatic hydroxyl groups excluding tert-OH is 1. The van der Waals surface area contributed by atoms with E-state index in [9.17, 15) is 27.5 Å². The van der Waals surface area contributed by atoms with Gasteiger partial charge < -0.3 is 10.4 Å². The molecule has 21 heavy (non-hydrogen) atoms. The highest BCUT2D eigenvalue weighted by molar-refractivity contribution is 5.95. The fourth-order valence-electron chi connectivity index (χ4n) is 1.71. The Morgan fingerprint density at radius 3 is 2.48 bits per heavy atom. The zero-order valence-electron chi connectivity index (χ0n) is 11.7. The van der Waals surface area contributed by atoms with Gasteiger partial charge in [0.05, 0.1) is 17.2 Å². The van der Waals surface area contributed by atoms with Gasteiger partial charge in [0.25, 0.3) is 5.91 Å². The summed E-state index contributed by atoms with van der Waals surface area (Å²) in [7, 11) is 0. The fourth-order valence-corrected chi connectivity index (χ4v) is 1.71. The van der Waals surface area contributed by atoms with Gasteiger partial charge in [-0.3, -0.25) is 4.79 Å². The lowest BCUT2D eigenvalue weighted by Gasteiger charge is -2.16. The predicted molar refractivity (Wildman–Crippen MR) is 69.2 cm³/mol. The maximum absolute atomic E-state index is 12.9. The number of aliphatic hydroxyl groups is 1. The van der Waals surface area contributed by atoms with Crippen LogP contribution in [0.5, 0.6) is 0 Å². The van der Waals surface area contributed by atoms with Gasteiger partial charge in [0.1, 0.15) is 5.82 Å². The summed E-state index contributed by atoms with van der Waals surface area (Å²) in [6.07, 6.45) is -5.24. The molecule has 3 nitrogen and oxygen atoms in total. The molecule has 0 fully saturated rings. The summed E-state index contributed by atoms with van der Waals surface area (Å²) < 4.78 is 51.2. The number of hydrogen-bond acceptors (Lipinski definition) is 2. The van der Waals surface area contributed by atoms with Crippen molar-refractivity contribution in [2.24, 2.45) is 5.92 Å². The van der Waals surface area contributed by atoms with Crippen molar-refractivity contribution >= 4 is 5.91 Å². The average molecular weight is 307 g/mol. The van der Waals surface area contributed by atoms with E-state index in [0.717, 1.165) is 12.1 Å². The molecule has 1 atom stereocenters. The van der Waals surface area contributed by atoms with E-state index in [1.807, 2.05) is 0 Å². The molecule has 0 heterocycles. The molecule has 0 radical (unpaired) electrons. The maximum Gasteiger partial charge on any atom is 0.417 e. The Bertz CT molecular complexity index is 500. The fraction of sp³-hybridized carbons (Fsp3) is 0.500. The van der Waals surface area contributed by atoms with Gasteiger partial charge >= 0.3 is 6.18 Å². The van der Waals surface area contributed by atoms with Crippen molar-refractivity contribution in [3.63, 3.8) is 0 Å². The minimum absolute atomic E-state index is 0.0153. The van der Waals surface area contributed by atoms with E-state index < -0.39 is 35.1 Å². The van der Waals surface area contributed by atoms with Gasteiger partial charge in [-0.2, -0.15) is 13.2 Å². The number of carbonyl (C=O) groups excluding carboxylic acids is 1. The van der Waals surface area contributed by atoms with Crippen molar-refractivity contribution in [1.29, 1.82) is 0 Å². The molecule has 1 aromatic rings.